The second-order valence-corrected chi connectivity index (χ2v) is 6.61. The van der Waals surface area contributed by atoms with E-state index in [9.17, 15) is 4.79 Å². The van der Waals surface area contributed by atoms with Gasteiger partial charge in [0.05, 0.1) is 18.4 Å². The maximum atomic E-state index is 12.7. The van der Waals surface area contributed by atoms with Crippen LogP contribution in [0.5, 0.6) is 11.5 Å². The number of amides is 1. The summed E-state index contributed by atoms with van der Waals surface area (Å²) in [6.07, 6.45) is 1.66. The zero-order valence-electron chi connectivity index (χ0n) is 15.5. The Morgan fingerprint density at radius 1 is 1.11 bits per heavy atom. The number of furan rings is 1. The number of hydrogen-bond donors (Lipinski definition) is 1. The third kappa shape index (κ3) is 3.56. The maximum Gasteiger partial charge on any atom is 0.253 e. The fraction of sp³-hybridized carbons (Fsp3) is 0.286. The van der Waals surface area contributed by atoms with Crippen LogP contribution in [-0.4, -0.2) is 23.7 Å². The van der Waals surface area contributed by atoms with Gasteiger partial charge in [-0.25, -0.2) is 0 Å². The van der Waals surface area contributed by atoms with E-state index in [1.54, 1.807) is 6.26 Å². The highest BCUT2D eigenvalue weighted by Crippen LogP contribution is 2.30. The monoisotopic (exact) mass is 366 g/mol. The number of aromatic nitrogens is 1. The maximum absolute atomic E-state index is 12.7. The van der Waals surface area contributed by atoms with Gasteiger partial charge in [0.15, 0.2) is 11.5 Å². The van der Waals surface area contributed by atoms with E-state index < -0.39 is 0 Å². The van der Waals surface area contributed by atoms with E-state index in [0.29, 0.717) is 31.9 Å². The molecule has 6 heteroatoms. The van der Waals surface area contributed by atoms with Gasteiger partial charge in [-0.15, -0.1) is 0 Å². The molecule has 0 bridgehead atoms. The molecule has 1 N–H and O–H groups in total. The van der Waals surface area contributed by atoms with E-state index in [1.807, 2.05) is 50.2 Å². The summed E-state index contributed by atoms with van der Waals surface area (Å²) >= 11 is 0. The molecule has 1 aliphatic heterocycles. The summed E-state index contributed by atoms with van der Waals surface area (Å²) in [6.45, 7) is 6.10. The molecule has 0 fully saturated rings. The van der Waals surface area contributed by atoms with Gasteiger partial charge in [0.1, 0.15) is 19.0 Å². The minimum absolute atomic E-state index is 0.0938. The van der Waals surface area contributed by atoms with E-state index in [2.05, 4.69) is 9.88 Å². The zero-order valence-corrected chi connectivity index (χ0v) is 15.5. The normalized spacial score (nSPS) is 12.8. The number of rotatable bonds is 5. The van der Waals surface area contributed by atoms with Crippen molar-refractivity contribution in [3.05, 3.63) is 70.9 Å². The topological polar surface area (TPSA) is 65.6 Å². The molecule has 0 unspecified atom stereocenters. The largest absolute Gasteiger partial charge is 0.486 e. The highest BCUT2D eigenvalue weighted by Gasteiger charge is 2.17. The van der Waals surface area contributed by atoms with Crippen LogP contribution >= 0.6 is 0 Å². The summed E-state index contributed by atoms with van der Waals surface area (Å²) in [7, 11) is 0. The Morgan fingerprint density at radius 2 is 1.93 bits per heavy atom. The number of hydrogen-bond acceptors (Lipinski definition) is 4. The van der Waals surface area contributed by atoms with Gasteiger partial charge in [-0.2, -0.15) is 0 Å². The molecule has 0 saturated heterocycles. The Hall–Kier alpha value is -3.15. The summed E-state index contributed by atoms with van der Waals surface area (Å²) < 4.78 is 18.6. The lowest BCUT2D eigenvalue weighted by Gasteiger charge is -2.19. The summed E-state index contributed by atoms with van der Waals surface area (Å²) in [5.41, 5.74) is 3.59. The SMILES string of the molecule is Cc1cc(C(=O)NCc2ccc3c(c2)OCCO3)c(C)n1Cc1ccco1. The molecule has 0 radical (unpaired) electrons. The van der Waals surface area contributed by atoms with Crippen LogP contribution in [0.15, 0.2) is 47.1 Å². The molecule has 1 aliphatic rings. The average molecular weight is 366 g/mol. The van der Waals surface area contributed by atoms with Crippen molar-refractivity contribution >= 4 is 5.91 Å². The van der Waals surface area contributed by atoms with Crippen LogP contribution in [0.4, 0.5) is 0 Å². The minimum atomic E-state index is -0.0938. The summed E-state index contributed by atoms with van der Waals surface area (Å²) in [6, 6.07) is 11.4. The number of carbonyl (C=O) groups excluding carboxylic acids is 1. The number of nitrogens with zero attached hydrogens (tertiary/aromatic N) is 1. The Labute approximate surface area is 157 Å². The minimum Gasteiger partial charge on any atom is -0.486 e. The van der Waals surface area contributed by atoms with Gasteiger partial charge in [0, 0.05) is 17.9 Å². The van der Waals surface area contributed by atoms with Crippen LogP contribution in [0.25, 0.3) is 0 Å². The van der Waals surface area contributed by atoms with Gasteiger partial charge >= 0.3 is 0 Å². The first kappa shape index (κ1) is 17.3. The fourth-order valence-corrected chi connectivity index (χ4v) is 3.31. The Balaban J connectivity index is 1.45. The molecule has 6 nitrogen and oxygen atoms in total. The van der Waals surface area contributed by atoms with Crippen molar-refractivity contribution in [1.82, 2.24) is 9.88 Å². The molecule has 1 amide bonds. The standard InChI is InChI=1S/C21H22N2O4/c1-14-10-18(15(2)23(14)13-17-4-3-7-25-17)21(24)22-12-16-5-6-19-20(11-16)27-9-8-26-19/h3-7,10-11H,8-9,12-13H2,1-2H3,(H,22,24). The molecule has 0 spiro atoms. The van der Waals surface area contributed by atoms with Gasteiger partial charge < -0.3 is 23.8 Å². The van der Waals surface area contributed by atoms with Gasteiger partial charge in [0.25, 0.3) is 5.91 Å². The second-order valence-electron chi connectivity index (χ2n) is 6.61. The molecule has 3 heterocycles. The Morgan fingerprint density at radius 3 is 2.70 bits per heavy atom. The molecular weight excluding hydrogens is 344 g/mol. The zero-order chi connectivity index (χ0) is 18.8. The fourth-order valence-electron chi connectivity index (χ4n) is 3.31. The van der Waals surface area contributed by atoms with Crippen molar-refractivity contribution < 1.29 is 18.7 Å². The lowest BCUT2D eigenvalue weighted by molar-refractivity contribution is 0.0950. The molecular formula is C21H22N2O4. The van der Waals surface area contributed by atoms with Crippen LogP contribution in [0, 0.1) is 13.8 Å². The molecule has 3 aromatic rings. The van der Waals surface area contributed by atoms with Gasteiger partial charge in [-0.05, 0) is 49.7 Å². The van der Waals surface area contributed by atoms with Crippen molar-refractivity contribution in [2.45, 2.75) is 26.9 Å². The highest BCUT2D eigenvalue weighted by atomic mass is 16.6. The second kappa shape index (κ2) is 7.23. The lowest BCUT2D eigenvalue weighted by Crippen LogP contribution is -2.23. The number of ether oxygens (including phenoxy) is 2. The van der Waals surface area contributed by atoms with E-state index in [4.69, 9.17) is 13.9 Å². The quantitative estimate of drug-likeness (QED) is 0.751. The van der Waals surface area contributed by atoms with Gasteiger partial charge in [0.2, 0.25) is 0 Å². The smallest absolute Gasteiger partial charge is 0.253 e. The summed E-state index contributed by atoms with van der Waals surface area (Å²) in [4.78, 5) is 12.7. The molecule has 1 aromatic carbocycles. The molecule has 2 aromatic heterocycles. The van der Waals surface area contributed by atoms with Crippen LogP contribution in [0.3, 0.4) is 0 Å². The Kier molecular flexibility index (Phi) is 4.62. The molecule has 0 saturated carbocycles. The number of fused-ring (bicyclic) bond motifs is 1. The van der Waals surface area contributed by atoms with E-state index in [-0.39, 0.29) is 5.91 Å². The molecule has 0 aliphatic carbocycles. The van der Waals surface area contributed by atoms with Crippen molar-refractivity contribution in [2.24, 2.45) is 0 Å². The predicted octanol–water partition coefficient (Wildman–Crippen LogP) is 3.45. The lowest BCUT2D eigenvalue weighted by atomic mass is 10.1. The first-order chi connectivity index (χ1) is 13.1. The summed E-state index contributed by atoms with van der Waals surface area (Å²) in [5, 5.41) is 2.99. The molecule has 27 heavy (non-hydrogen) atoms. The van der Waals surface area contributed by atoms with E-state index in [1.165, 1.54) is 0 Å². The number of aryl methyl sites for hydroxylation is 1. The highest BCUT2D eigenvalue weighted by molar-refractivity contribution is 5.95. The first-order valence-electron chi connectivity index (χ1n) is 8.97. The first-order valence-corrected chi connectivity index (χ1v) is 8.97. The van der Waals surface area contributed by atoms with Crippen molar-refractivity contribution in [1.29, 1.82) is 0 Å². The van der Waals surface area contributed by atoms with Crippen molar-refractivity contribution in [2.75, 3.05) is 13.2 Å². The van der Waals surface area contributed by atoms with Crippen LogP contribution in [0.2, 0.25) is 0 Å². The molecule has 4 rings (SSSR count). The number of carbonyl (C=O) groups is 1. The third-order valence-electron chi connectivity index (χ3n) is 4.77. The number of benzene rings is 1. The Bertz CT molecular complexity index is 957. The third-order valence-corrected chi connectivity index (χ3v) is 4.77. The number of nitrogens with one attached hydrogen (secondary N) is 1. The van der Waals surface area contributed by atoms with E-state index >= 15 is 0 Å². The molecule has 0 atom stereocenters. The van der Waals surface area contributed by atoms with E-state index in [0.717, 1.165) is 34.2 Å². The van der Waals surface area contributed by atoms with Gasteiger partial charge in [-0.1, -0.05) is 6.07 Å². The predicted molar refractivity (Wildman–Crippen MR) is 100 cm³/mol. The molecule has 140 valence electrons. The van der Waals surface area contributed by atoms with Crippen LogP contribution in [0.1, 0.15) is 33.1 Å². The summed E-state index contributed by atoms with van der Waals surface area (Å²) in [5.74, 6) is 2.24. The average Bonchev–Trinajstić information content (AvgIpc) is 3.30. The van der Waals surface area contributed by atoms with Gasteiger partial charge in [-0.3, -0.25) is 4.79 Å². The van der Waals surface area contributed by atoms with Crippen molar-refractivity contribution in [3.8, 4) is 11.5 Å². The van der Waals surface area contributed by atoms with Crippen molar-refractivity contribution in [3.63, 3.8) is 0 Å². The van der Waals surface area contributed by atoms with Crippen LogP contribution in [-0.2, 0) is 13.1 Å². The van der Waals surface area contributed by atoms with Crippen LogP contribution < -0.4 is 14.8 Å².